The second-order valence-corrected chi connectivity index (χ2v) is 13.8. The van der Waals surface area contributed by atoms with Crippen molar-refractivity contribution in [3.63, 3.8) is 0 Å². The van der Waals surface area contributed by atoms with E-state index in [1.807, 2.05) is 4.90 Å². The highest BCUT2D eigenvalue weighted by Gasteiger charge is 2.58. The molecule has 1 saturated heterocycles. The number of hydrogen-bond donors (Lipinski definition) is 0. The predicted octanol–water partition coefficient (Wildman–Crippen LogP) is 3.81. The first-order valence-electron chi connectivity index (χ1n) is 13.6. The molecule has 7 nitrogen and oxygen atoms in total. The summed E-state index contributed by atoms with van der Waals surface area (Å²) in [6.45, 7) is 1.76. The fourth-order valence-electron chi connectivity index (χ4n) is 5.81. The maximum absolute atomic E-state index is 15.6. The lowest BCUT2D eigenvalue weighted by molar-refractivity contribution is -0.131. The highest BCUT2D eigenvalue weighted by molar-refractivity contribution is 7.92. The molecule has 5 aliphatic rings. The van der Waals surface area contributed by atoms with E-state index in [1.165, 1.54) is 6.07 Å². The van der Waals surface area contributed by atoms with Crippen molar-refractivity contribution in [2.45, 2.75) is 60.6 Å². The van der Waals surface area contributed by atoms with Crippen LogP contribution in [0, 0.1) is 17.7 Å². The summed E-state index contributed by atoms with van der Waals surface area (Å²) in [4.78, 5) is 34.4. The van der Waals surface area contributed by atoms with Crippen LogP contribution in [-0.4, -0.2) is 66.3 Å². The maximum Gasteiger partial charge on any atom is 0.256 e. The Morgan fingerprint density at radius 3 is 2.47 bits per heavy atom. The number of aliphatic imine (C=N–C) groups is 1. The molecule has 7 rings (SSSR count). The fraction of sp³-hybridized carbons (Fsp3) is 0.483. The van der Waals surface area contributed by atoms with Gasteiger partial charge in [0.2, 0.25) is 5.91 Å². The number of halogens is 1. The lowest BCUT2D eigenvalue weighted by atomic mass is 10.0. The predicted molar refractivity (Wildman–Crippen MR) is 140 cm³/mol. The van der Waals surface area contributed by atoms with Gasteiger partial charge in [-0.25, -0.2) is 12.8 Å². The first-order valence-corrected chi connectivity index (χ1v) is 15.1. The topological polar surface area (TPSA) is 87.1 Å². The Balaban J connectivity index is 1.14. The Hall–Kier alpha value is -3.07. The number of amidine groups is 1. The van der Waals surface area contributed by atoms with Gasteiger partial charge in [0.1, 0.15) is 17.2 Å². The standard InChI is InChI=1S/C29H30FN3O4S/c30-25-15-21(20-2-1-3-23(14-20)38(36,37)22-7-8-22)6-9-24(25)26-31-29(11-12-29)28(35)33(26)17-18-10-13-32(16-18)27(34)19-4-5-19/h1-3,6,9,14-15,18-19,22H,4-5,7-8,10-13,16-17H2/t18-/m1/s1. The van der Waals surface area contributed by atoms with Crippen LogP contribution in [0.3, 0.4) is 0 Å². The van der Waals surface area contributed by atoms with Crippen LogP contribution in [-0.2, 0) is 19.4 Å². The van der Waals surface area contributed by atoms with Crippen molar-refractivity contribution in [3.8, 4) is 11.1 Å². The number of nitrogens with zero attached hydrogens (tertiary/aromatic N) is 3. The summed E-state index contributed by atoms with van der Waals surface area (Å²) in [5.74, 6) is 0.345. The van der Waals surface area contributed by atoms with E-state index in [-0.39, 0.29) is 39.4 Å². The third-order valence-electron chi connectivity index (χ3n) is 8.58. The highest BCUT2D eigenvalue weighted by Crippen LogP contribution is 2.46. The minimum atomic E-state index is -3.35. The summed E-state index contributed by atoms with van der Waals surface area (Å²) < 4.78 is 41.0. The molecule has 0 aromatic heterocycles. The molecule has 2 aliphatic heterocycles. The third-order valence-corrected chi connectivity index (χ3v) is 10.8. The van der Waals surface area contributed by atoms with Crippen LogP contribution in [0.1, 0.15) is 50.5 Å². The number of benzene rings is 2. The average Bonchev–Trinajstić information content (AvgIpc) is 3.78. The van der Waals surface area contributed by atoms with Gasteiger partial charge in [-0.2, -0.15) is 0 Å². The van der Waals surface area contributed by atoms with Crippen LogP contribution in [0.4, 0.5) is 4.39 Å². The van der Waals surface area contributed by atoms with E-state index >= 15 is 4.39 Å². The van der Waals surface area contributed by atoms with E-state index in [1.54, 1.807) is 41.3 Å². The minimum absolute atomic E-state index is 0.0686. The lowest BCUT2D eigenvalue weighted by Crippen LogP contribution is -2.41. The van der Waals surface area contributed by atoms with Crippen molar-refractivity contribution in [2.24, 2.45) is 16.8 Å². The monoisotopic (exact) mass is 535 g/mol. The summed E-state index contributed by atoms with van der Waals surface area (Å²) >= 11 is 0. The van der Waals surface area contributed by atoms with Gasteiger partial charge in [0, 0.05) is 25.6 Å². The zero-order valence-corrected chi connectivity index (χ0v) is 21.9. The molecule has 0 unspecified atom stereocenters. The van der Waals surface area contributed by atoms with E-state index in [9.17, 15) is 18.0 Å². The molecule has 3 saturated carbocycles. The number of likely N-dealkylation sites (tertiary alicyclic amines) is 1. The molecule has 1 spiro atoms. The molecule has 198 valence electrons. The van der Waals surface area contributed by atoms with Gasteiger partial charge < -0.3 is 4.90 Å². The minimum Gasteiger partial charge on any atom is -0.342 e. The molecule has 3 aliphatic carbocycles. The molecule has 2 aromatic rings. The quantitative estimate of drug-likeness (QED) is 0.540. The zero-order chi connectivity index (χ0) is 26.2. The molecular formula is C29H30FN3O4S. The van der Waals surface area contributed by atoms with E-state index in [0.717, 1.165) is 19.3 Å². The smallest absolute Gasteiger partial charge is 0.256 e. The van der Waals surface area contributed by atoms with Gasteiger partial charge in [0.25, 0.3) is 5.91 Å². The molecule has 1 atom stereocenters. The average molecular weight is 536 g/mol. The van der Waals surface area contributed by atoms with Gasteiger partial charge >= 0.3 is 0 Å². The molecule has 2 amide bonds. The SMILES string of the molecule is O=C(C1CC1)N1CC[C@@H](CN2C(=O)C3(CC3)N=C2c2ccc(-c3cccc(S(=O)(=O)C4CC4)c3)cc2F)C1. The second-order valence-electron chi connectivity index (χ2n) is 11.6. The Kier molecular flexibility index (Phi) is 5.35. The van der Waals surface area contributed by atoms with Gasteiger partial charge in [-0.1, -0.05) is 18.2 Å². The van der Waals surface area contributed by atoms with Crippen LogP contribution in [0.5, 0.6) is 0 Å². The largest absolute Gasteiger partial charge is 0.342 e. The van der Waals surface area contributed by atoms with Crippen LogP contribution < -0.4 is 0 Å². The second kappa shape index (κ2) is 8.46. The molecule has 9 heteroatoms. The number of hydrogen-bond acceptors (Lipinski definition) is 5. The number of sulfone groups is 1. The molecule has 2 heterocycles. The maximum atomic E-state index is 15.6. The van der Waals surface area contributed by atoms with Crippen LogP contribution in [0.15, 0.2) is 52.4 Å². The molecule has 0 N–H and O–H groups in total. The van der Waals surface area contributed by atoms with Gasteiger partial charge in [-0.3, -0.25) is 19.5 Å². The Morgan fingerprint density at radius 2 is 1.79 bits per heavy atom. The lowest BCUT2D eigenvalue weighted by Gasteiger charge is -2.24. The molecular weight excluding hydrogens is 505 g/mol. The summed E-state index contributed by atoms with van der Waals surface area (Å²) in [5.41, 5.74) is 0.718. The first-order chi connectivity index (χ1) is 18.2. The molecule has 4 fully saturated rings. The Labute approximate surface area is 221 Å². The van der Waals surface area contributed by atoms with Crippen molar-refractivity contribution in [1.82, 2.24) is 9.80 Å². The van der Waals surface area contributed by atoms with Crippen LogP contribution in [0.2, 0.25) is 0 Å². The van der Waals surface area contributed by atoms with Crippen molar-refractivity contribution < 1.29 is 22.4 Å². The van der Waals surface area contributed by atoms with Crippen molar-refractivity contribution in [2.75, 3.05) is 19.6 Å². The Morgan fingerprint density at radius 1 is 1.03 bits per heavy atom. The summed E-state index contributed by atoms with van der Waals surface area (Å²) in [7, 11) is -3.35. The van der Waals surface area contributed by atoms with Gasteiger partial charge in [-0.05, 0) is 86.3 Å². The number of rotatable bonds is 7. The van der Waals surface area contributed by atoms with Crippen molar-refractivity contribution in [1.29, 1.82) is 0 Å². The van der Waals surface area contributed by atoms with Gasteiger partial charge in [0.05, 0.1) is 15.7 Å². The van der Waals surface area contributed by atoms with E-state index in [2.05, 4.69) is 0 Å². The molecule has 0 bridgehead atoms. The van der Waals surface area contributed by atoms with E-state index in [4.69, 9.17) is 4.99 Å². The first kappa shape index (κ1) is 24.0. The normalized spacial score (nSPS) is 24.3. The van der Waals surface area contributed by atoms with E-state index < -0.39 is 21.2 Å². The molecule has 0 radical (unpaired) electrons. The van der Waals surface area contributed by atoms with Crippen LogP contribution in [0.25, 0.3) is 11.1 Å². The Bertz CT molecular complexity index is 1490. The number of carbonyl (C=O) groups excluding carboxylic acids is 2. The molecule has 2 aromatic carbocycles. The van der Waals surface area contributed by atoms with Crippen molar-refractivity contribution in [3.05, 3.63) is 53.8 Å². The summed E-state index contributed by atoms with van der Waals surface area (Å²) in [5, 5.41) is -0.311. The number of carbonyl (C=O) groups is 2. The van der Waals surface area contributed by atoms with Crippen molar-refractivity contribution >= 4 is 27.5 Å². The summed E-state index contributed by atoms with van der Waals surface area (Å²) in [6, 6.07) is 11.5. The molecule has 38 heavy (non-hydrogen) atoms. The zero-order valence-electron chi connectivity index (χ0n) is 21.1. The van der Waals surface area contributed by atoms with Gasteiger partial charge in [0.15, 0.2) is 9.84 Å². The van der Waals surface area contributed by atoms with Crippen LogP contribution >= 0.6 is 0 Å². The fourth-order valence-corrected chi connectivity index (χ4v) is 7.51. The number of amides is 2. The highest BCUT2D eigenvalue weighted by atomic mass is 32.2. The van der Waals surface area contributed by atoms with E-state index in [0.29, 0.717) is 62.3 Å². The summed E-state index contributed by atoms with van der Waals surface area (Å²) in [6.07, 6.45) is 5.48. The third kappa shape index (κ3) is 4.06. The van der Waals surface area contributed by atoms with Gasteiger partial charge in [-0.15, -0.1) is 0 Å².